The predicted octanol–water partition coefficient (Wildman–Crippen LogP) is 2.84. The van der Waals surface area contributed by atoms with Crippen molar-refractivity contribution in [2.75, 3.05) is 25.7 Å². The number of hydrogen-bond donors (Lipinski definition) is 3. The van der Waals surface area contributed by atoms with Crippen LogP contribution in [0.2, 0.25) is 0 Å². The van der Waals surface area contributed by atoms with E-state index >= 15 is 0 Å². The highest BCUT2D eigenvalue weighted by Gasteiger charge is 2.23. The summed E-state index contributed by atoms with van der Waals surface area (Å²) in [5.41, 5.74) is 2.01. The lowest BCUT2D eigenvalue weighted by Crippen LogP contribution is -2.21. The largest absolute Gasteiger partial charge is 0.491 e. The molecule has 2 atom stereocenters. The van der Waals surface area contributed by atoms with Crippen molar-refractivity contribution in [3.8, 4) is 11.5 Å². The van der Waals surface area contributed by atoms with Crippen LogP contribution in [-0.2, 0) is 5.41 Å². The van der Waals surface area contributed by atoms with Gasteiger partial charge >= 0.3 is 0 Å². The second-order valence-electron chi connectivity index (χ2n) is 6.94. The third-order valence-electron chi connectivity index (χ3n) is 4.43. The summed E-state index contributed by atoms with van der Waals surface area (Å²) in [6.45, 7) is 4.16. The van der Waals surface area contributed by atoms with E-state index in [0.29, 0.717) is 11.5 Å². The molecule has 1 unspecified atom stereocenters. The highest BCUT2D eigenvalue weighted by molar-refractivity contribution is 7.59. The maximum absolute atomic E-state index is 9.46. The molecule has 28 heavy (non-hydrogen) atoms. The molecule has 0 fully saturated rings. The molecule has 5 nitrogen and oxygen atoms in total. The third-order valence-corrected chi connectivity index (χ3v) is 4.78. The molecular formula is C21H29ClO5S. The second kappa shape index (κ2) is 11.5. The van der Waals surface area contributed by atoms with Gasteiger partial charge in [0.25, 0.3) is 0 Å². The van der Waals surface area contributed by atoms with Crippen LogP contribution in [0.1, 0.15) is 25.0 Å². The number of aliphatic hydroxyl groups is 3. The van der Waals surface area contributed by atoms with Gasteiger partial charge in [-0.3, -0.25) is 0 Å². The van der Waals surface area contributed by atoms with Gasteiger partial charge in [-0.1, -0.05) is 38.1 Å². The van der Waals surface area contributed by atoms with Crippen molar-refractivity contribution in [2.24, 2.45) is 0 Å². The Balaban J connectivity index is 0.00000392. The van der Waals surface area contributed by atoms with E-state index in [1.165, 1.54) is 0 Å². The first-order valence-corrected chi connectivity index (χ1v) is 9.40. The Kier molecular flexibility index (Phi) is 10.1. The van der Waals surface area contributed by atoms with Crippen LogP contribution in [0.15, 0.2) is 48.5 Å². The molecule has 0 saturated carbocycles. The molecular weight excluding hydrogens is 400 g/mol. The number of benzene rings is 2. The fraction of sp³-hybridized carbons (Fsp3) is 0.429. The van der Waals surface area contributed by atoms with E-state index in [4.69, 9.17) is 26.2 Å². The number of aliphatic hydroxyl groups excluding tert-OH is 3. The first-order valence-electron chi connectivity index (χ1n) is 8.86. The van der Waals surface area contributed by atoms with Crippen LogP contribution >= 0.6 is 25.1 Å². The van der Waals surface area contributed by atoms with Crippen molar-refractivity contribution in [3.05, 3.63) is 59.7 Å². The fourth-order valence-corrected chi connectivity index (χ4v) is 2.67. The molecule has 2 rings (SSSR count). The standard InChI is InChI=1S/C21H27ClO5.H2S/c1-21(2,15-3-7-19(8-4-15)26-13-17(24)11-22)16-5-9-20(10-6-16)27-14-18(25)12-23;/h3-10,17-18,23-25H,11-14H2,1-2H3;1H2/t17-,18?;/m1./s1. The summed E-state index contributed by atoms with van der Waals surface area (Å²) in [5, 5.41) is 27.6. The Morgan fingerprint density at radius 2 is 1.21 bits per heavy atom. The molecule has 2 aromatic carbocycles. The smallest absolute Gasteiger partial charge is 0.119 e. The second-order valence-corrected chi connectivity index (χ2v) is 7.25. The third kappa shape index (κ3) is 6.87. The predicted molar refractivity (Wildman–Crippen MR) is 116 cm³/mol. The molecule has 2 aromatic rings. The maximum atomic E-state index is 9.46. The van der Waals surface area contributed by atoms with Crippen LogP contribution in [0.5, 0.6) is 11.5 Å². The summed E-state index contributed by atoms with van der Waals surface area (Å²) < 4.78 is 11.0. The highest BCUT2D eigenvalue weighted by Crippen LogP contribution is 2.33. The summed E-state index contributed by atoms with van der Waals surface area (Å²) in [4.78, 5) is 0. The van der Waals surface area contributed by atoms with Gasteiger partial charge in [0.2, 0.25) is 0 Å². The van der Waals surface area contributed by atoms with E-state index in [2.05, 4.69) is 13.8 Å². The first-order chi connectivity index (χ1) is 12.9. The molecule has 7 heteroatoms. The molecule has 0 spiro atoms. The van der Waals surface area contributed by atoms with Crippen LogP contribution in [0.25, 0.3) is 0 Å². The van der Waals surface area contributed by atoms with Crippen molar-refractivity contribution in [2.45, 2.75) is 31.5 Å². The van der Waals surface area contributed by atoms with E-state index in [9.17, 15) is 10.2 Å². The van der Waals surface area contributed by atoms with E-state index in [0.717, 1.165) is 11.1 Å². The lowest BCUT2D eigenvalue weighted by atomic mass is 9.78. The van der Waals surface area contributed by atoms with E-state index in [1.807, 2.05) is 48.5 Å². The lowest BCUT2D eigenvalue weighted by molar-refractivity contribution is 0.0536. The molecule has 0 aliphatic rings. The van der Waals surface area contributed by atoms with Gasteiger partial charge in [0.15, 0.2) is 0 Å². The Labute approximate surface area is 178 Å². The Morgan fingerprint density at radius 3 is 1.57 bits per heavy atom. The topological polar surface area (TPSA) is 79.2 Å². The summed E-state index contributed by atoms with van der Waals surface area (Å²) in [6.07, 6.45) is -1.56. The van der Waals surface area contributed by atoms with Gasteiger partial charge in [0.05, 0.1) is 12.5 Å². The minimum Gasteiger partial charge on any atom is -0.491 e. The minimum atomic E-state index is -0.882. The van der Waals surface area contributed by atoms with Crippen LogP contribution in [0, 0.1) is 0 Å². The van der Waals surface area contributed by atoms with Gasteiger partial charge in [-0.2, -0.15) is 13.5 Å². The van der Waals surface area contributed by atoms with Crippen molar-refractivity contribution in [3.63, 3.8) is 0 Å². The van der Waals surface area contributed by atoms with E-state index in [-0.39, 0.29) is 44.6 Å². The average Bonchev–Trinajstić information content (AvgIpc) is 2.70. The van der Waals surface area contributed by atoms with Gasteiger partial charge in [-0.05, 0) is 35.4 Å². The molecule has 156 valence electrons. The van der Waals surface area contributed by atoms with Gasteiger partial charge in [0, 0.05) is 5.41 Å². The molecule has 0 aliphatic heterocycles. The number of ether oxygens (including phenoxy) is 2. The first kappa shape index (κ1) is 24.6. The minimum absolute atomic E-state index is 0. The molecule has 0 bridgehead atoms. The zero-order valence-electron chi connectivity index (χ0n) is 16.1. The monoisotopic (exact) mass is 428 g/mol. The summed E-state index contributed by atoms with van der Waals surface area (Å²) >= 11 is 5.56. The van der Waals surface area contributed by atoms with Gasteiger partial charge in [-0.25, -0.2) is 0 Å². The summed E-state index contributed by atoms with van der Waals surface area (Å²) in [5.74, 6) is 1.47. The Morgan fingerprint density at radius 1 is 0.821 bits per heavy atom. The quantitative estimate of drug-likeness (QED) is 0.507. The van der Waals surface area contributed by atoms with Gasteiger partial charge in [0.1, 0.15) is 36.9 Å². The normalized spacial score (nSPS) is 13.4. The molecule has 0 aliphatic carbocycles. The lowest BCUT2D eigenvalue weighted by Gasteiger charge is -2.26. The fourth-order valence-electron chi connectivity index (χ4n) is 2.58. The molecule has 3 N–H and O–H groups in total. The maximum Gasteiger partial charge on any atom is 0.119 e. The van der Waals surface area contributed by atoms with E-state index < -0.39 is 12.2 Å². The zero-order valence-corrected chi connectivity index (χ0v) is 17.9. The van der Waals surface area contributed by atoms with Crippen molar-refractivity contribution >= 4 is 25.1 Å². The van der Waals surface area contributed by atoms with Gasteiger partial charge in [-0.15, -0.1) is 11.6 Å². The van der Waals surface area contributed by atoms with Crippen molar-refractivity contribution < 1.29 is 24.8 Å². The molecule has 0 amide bonds. The van der Waals surface area contributed by atoms with Crippen molar-refractivity contribution in [1.82, 2.24) is 0 Å². The highest BCUT2D eigenvalue weighted by atomic mass is 35.5. The summed E-state index contributed by atoms with van der Waals surface area (Å²) in [6, 6.07) is 15.5. The van der Waals surface area contributed by atoms with Crippen molar-refractivity contribution in [1.29, 1.82) is 0 Å². The van der Waals surface area contributed by atoms with Crippen LogP contribution < -0.4 is 9.47 Å². The number of halogens is 1. The number of rotatable bonds is 10. The van der Waals surface area contributed by atoms with Crippen LogP contribution in [-0.4, -0.2) is 53.2 Å². The average molecular weight is 429 g/mol. The number of alkyl halides is 1. The molecule has 0 radical (unpaired) electrons. The molecule has 0 heterocycles. The van der Waals surface area contributed by atoms with Crippen LogP contribution in [0.4, 0.5) is 0 Å². The summed E-state index contributed by atoms with van der Waals surface area (Å²) in [7, 11) is 0. The Hall–Kier alpha value is -1.44. The Bertz CT molecular complexity index is 631. The number of hydrogen-bond acceptors (Lipinski definition) is 5. The molecule has 0 saturated heterocycles. The van der Waals surface area contributed by atoms with Crippen LogP contribution in [0.3, 0.4) is 0 Å². The SMILES string of the molecule is CC(C)(c1ccc(OCC(O)CO)cc1)c1ccc(OC[C@H](O)CCl)cc1.S. The van der Waals surface area contributed by atoms with Gasteiger partial charge < -0.3 is 24.8 Å². The van der Waals surface area contributed by atoms with E-state index in [1.54, 1.807) is 0 Å². The zero-order chi connectivity index (χ0) is 19.9. The molecule has 0 aromatic heterocycles.